The number of fused-ring (bicyclic) bond motifs is 1. The van der Waals surface area contributed by atoms with Crippen LogP contribution < -0.4 is 5.56 Å². The smallest absolute Gasteiger partial charge is 0.262 e. The van der Waals surface area contributed by atoms with E-state index in [-0.39, 0.29) is 17.7 Å². The molecule has 7 nitrogen and oxygen atoms in total. The van der Waals surface area contributed by atoms with E-state index in [9.17, 15) is 4.79 Å². The average molecular weight is 325 g/mol. The van der Waals surface area contributed by atoms with E-state index >= 15 is 0 Å². The molecule has 2 atom stereocenters. The maximum atomic E-state index is 12.4. The molecule has 0 bridgehead atoms. The topological polar surface area (TPSA) is 85.7 Å². The molecule has 0 amide bonds. The van der Waals surface area contributed by atoms with E-state index < -0.39 is 0 Å². The van der Waals surface area contributed by atoms with Crippen LogP contribution in [0.2, 0.25) is 0 Å². The first-order chi connectivity index (χ1) is 11.7. The van der Waals surface area contributed by atoms with Crippen molar-refractivity contribution in [2.45, 2.75) is 38.3 Å². The Balaban J connectivity index is 1.73. The minimum absolute atomic E-state index is 0.155. The van der Waals surface area contributed by atoms with E-state index in [0.717, 1.165) is 18.5 Å². The summed E-state index contributed by atoms with van der Waals surface area (Å²) in [5, 5.41) is 4.95. The monoisotopic (exact) mass is 325 g/mol. The quantitative estimate of drug-likeness (QED) is 0.794. The highest BCUT2D eigenvalue weighted by molar-refractivity contribution is 5.73. The number of nitrogens with one attached hydrogen (secondary N) is 1. The Hall–Kier alpha value is -2.54. The van der Waals surface area contributed by atoms with Crippen molar-refractivity contribution in [2.24, 2.45) is 0 Å². The first kappa shape index (κ1) is 15.0. The largest absolute Gasteiger partial charge is 0.378 e. The molecular weight excluding hydrogens is 306 g/mol. The molecule has 3 aromatic heterocycles. The molecule has 0 saturated carbocycles. The van der Waals surface area contributed by atoms with E-state index in [1.165, 1.54) is 0 Å². The molecule has 1 N–H and O–H groups in total. The molecule has 0 unspecified atom stereocenters. The van der Waals surface area contributed by atoms with Crippen molar-refractivity contribution >= 4 is 11.0 Å². The summed E-state index contributed by atoms with van der Waals surface area (Å²) < 4.78 is 7.49. The third-order valence-corrected chi connectivity index (χ3v) is 4.39. The Bertz CT molecular complexity index is 902. The molecule has 1 aliphatic heterocycles. The zero-order chi connectivity index (χ0) is 16.5. The number of hydrogen-bond acceptors (Lipinski definition) is 5. The second-order valence-electron chi connectivity index (χ2n) is 6.20. The van der Waals surface area contributed by atoms with E-state index in [4.69, 9.17) is 4.74 Å². The molecule has 0 spiro atoms. The molecule has 24 heavy (non-hydrogen) atoms. The molecule has 1 aliphatic rings. The number of aromatic amines is 1. The fourth-order valence-corrected chi connectivity index (χ4v) is 3.20. The molecule has 0 aliphatic carbocycles. The van der Waals surface area contributed by atoms with E-state index in [2.05, 4.69) is 27.0 Å². The molecule has 7 heteroatoms. The Morgan fingerprint density at radius 1 is 1.42 bits per heavy atom. The molecule has 4 rings (SSSR count). The second-order valence-corrected chi connectivity index (χ2v) is 6.20. The van der Waals surface area contributed by atoms with Crippen molar-refractivity contribution in [2.75, 3.05) is 6.61 Å². The number of hydrogen-bond donors (Lipinski definition) is 1. The van der Waals surface area contributed by atoms with E-state index in [1.807, 2.05) is 22.9 Å². The summed E-state index contributed by atoms with van der Waals surface area (Å²) in [6.45, 7) is 2.77. The molecule has 124 valence electrons. The van der Waals surface area contributed by atoms with Crippen molar-refractivity contribution in [3.63, 3.8) is 0 Å². The van der Waals surface area contributed by atoms with Crippen molar-refractivity contribution in [1.29, 1.82) is 0 Å². The lowest BCUT2D eigenvalue weighted by atomic mass is 10.0. The van der Waals surface area contributed by atoms with Crippen LogP contribution in [0.1, 0.15) is 37.3 Å². The number of rotatable bonds is 3. The normalized spacial score (nSPS) is 21.2. The van der Waals surface area contributed by atoms with Gasteiger partial charge in [-0.2, -0.15) is 5.10 Å². The van der Waals surface area contributed by atoms with Gasteiger partial charge in [0.05, 0.1) is 18.3 Å². The first-order valence-electron chi connectivity index (χ1n) is 8.18. The van der Waals surface area contributed by atoms with Gasteiger partial charge in [0.25, 0.3) is 5.56 Å². The fourth-order valence-electron chi connectivity index (χ4n) is 3.20. The third-order valence-electron chi connectivity index (χ3n) is 4.39. The molecule has 1 fully saturated rings. The highest BCUT2D eigenvalue weighted by atomic mass is 16.5. The van der Waals surface area contributed by atoms with Crippen LogP contribution in [0.3, 0.4) is 0 Å². The second kappa shape index (κ2) is 6.16. The maximum Gasteiger partial charge on any atom is 0.262 e. The Labute approximate surface area is 138 Å². The molecule has 3 aromatic rings. The van der Waals surface area contributed by atoms with Crippen LogP contribution in [0.4, 0.5) is 0 Å². The molecule has 1 saturated heterocycles. The lowest BCUT2D eigenvalue weighted by Gasteiger charge is -2.27. The summed E-state index contributed by atoms with van der Waals surface area (Å²) in [5.74, 6) is 0.605. The van der Waals surface area contributed by atoms with Crippen molar-refractivity contribution < 1.29 is 4.74 Å². The standard InChI is InChI=1S/C17H19N5O2/c1-11-8-13(5-7-24-11)22-16-14(10-19-22)17(23)21-15(20-16)9-12-4-2-3-6-18-12/h2-4,6,10-11,13H,5,7-9H2,1H3,(H,20,21,23)/t11-,13-/m1/s1. The predicted octanol–water partition coefficient (Wildman–Crippen LogP) is 1.85. The van der Waals surface area contributed by atoms with Crippen LogP contribution in [-0.2, 0) is 11.2 Å². The van der Waals surface area contributed by atoms with Gasteiger partial charge in [0.15, 0.2) is 5.65 Å². The van der Waals surface area contributed by atoms with Gasteiger partial charge < -0.3 is 9.72 Å². The summed E-state index contributed by atoms with van der Waals surface area (Å²) in [6.07, 6.45) is 5.77. The Morgan fingerprint density at radius 2 is 2.33 bits per heavy atom. The van der Waals surface area contributed by atoms with Crippen molar-refractivity contribution in [3.8, 4) is 0 Å². The van der Waals surface area contributed by atoms with Crippen molar-refractivity contribution in [3.05, 3.63) is 52.5 Å². The summed E-state index contributed by atoms with van der Waals surface area (Å²) in [7, 11) is 0. The summed E-state index contributed by atoms with van der Waals surface area (Å²) in [6, 6.07) is 5.92. The number of ether oxygens (including phenoxy) is 1. The summed E-state index contributed by atoms with van der Waals surface area (Å²) >= 11 is 0. The highest BCUT2D eigenvalue weighted by Crippen LogP contribution is 2.26. The third kappa shape index (κ3) is 2.82. The van der Waals surface area contributed by atoms with Gasteiger partial charge in [0.1, 0.15) is 11.2 Å². The number of H-pyrrole nitrogens is 1. The summed E-state index contributed by atoms with van der Waals surface area (Å²) in [5.41, 5.74) is 1.35. The van der Waals surface area contributed by atoms with Gasteiger partial charge in [-0.05, 0) is 31.9 Å². The van der Waals surface area contributed by atoms with Gasteiger partial charge >= 0.3 is 0 Å². The zero-order valence-corrected chi connectivity index (χ0v) is 13.5. The molecule has 0 radical (unpaired) electrons. The highest BCUT2D eigenvalue weighted by Gasteiger charge is 2.24. The zero-order valence-electron chi connectivity index (χ0n) is 13.5. The lowest BCUT2D eigenvalue weighted by Crippen LogP contribution is -2.26. The number of pyridine rings is 1. The SMILES string of the molecule is C[C@@H]1C[C@H](n2ncc3c(=O)[nH]c(Cc4ccccn4)nc32)CCO1. The fraction of sp³-hybridized carbons (Fsp3) is 0.412. The minimum Gasteiger partial charge on any atom is -0.378 e. The van der Waals surface area contributed by atoms with Crippen LogP contribution in [0.25, 0.3) is 11.0 Å². The van der Waals surface area contributed by atoms with Gasteiger partial charge in [-0.15, -0.1) is 0 Å². The average Bonchev–Trinajstić information content (AvgIpc) is 3.00. The molecular formula is C17H19N5O2. The first-order valence-corrected chi connectivity index (χ1v) is 8.18. The van der Waals surface area contributed by atoms with Crippen molar-refractivity contribution in [1.82, 2.24) is 24.7 Å². The van der Waals surface area contributed by atoms with Gasteiger partial charge in [0, 0.05) is 24.9 Å². The van der Waals surface area contributed by atoms with Crippen LogP contribution in [0.5, 0.6) is 0 Å². The molecule has 0 aromatic carbocycles. The lowest BCUT2D eigenvalue weighted by molar-refractivity contribution is 0.00431. The Morgan fingerprint density at radius 3 is 3.12 bits per heavy atom. The van der Waals surface area contributed by atoms with Crippen LogP contribution >= 0.6 is 0 Å². The van der Waals surface area contributed by atoms with Gasteiger partial charge in [-0.3, -0.25) is 9.78 Å². The van der Waals surface area contributed by atoms with Crippen LogP contribution in [0, 0.1) is 0 Å². The predicted molar refractivity (Wildman–Crippen MR) is 88.9 cm³/mol. The van der Waals surface area contributed by atoms with Crippen LogP contribution in [0.15, 0.2) is 35.4 Å². The Kier molecular flexibility index (Phi) is 3.86. The number of aromatic nitrogens is 5. The van der Waals surface area contributed by atoms with Gasteiger partial charge in [0.2, 0.25) is 0 Å². The minimum atomic E-state index is -0.155. The number of nitrogens with zero attached hydrogens (tertiary/aromatic N) is 4. The van der Waals surface area contributed by atoms with Gasteiger partial charge in [-0.25, -0.2) is 9.67 Å². The molecule has 4 heterocycles. The van der Waals surface area contributed by atoms with Gasteiger partial charge in [-0.1, -0.05) is 6.07 Å². The van der Waals surface area contributed by atoms with Crippen LogP contribution in [-0.4, -0.2) is 37.4 Å². The summed E-state index contributed by atoms with van der Waals surface area (Å²) in [4.78, 5) is 24.1. The van der Waals surface area contributed by atoms with E-state index in [1.54, 1.807) is 12.4 Å². The maximum absolute atomic E-state index is 12.4. The van der Waals surface area contributed by atoms with E-state index in [0.29, 0.717) is 29.9 Å².